The van der Waals surface area contributed by atoms with Crippen LogP contribution in [0.1, 0.15) is 19.8 Å². The topological polar surface area (TPSA) is 76.4 Å². The Balaban J connectivity index is 1.85. The fraction of sp³-hybridized carbons (Fsp3) is 0.286. The van der Waals surface area contributed by atoms with Crippen LogP contribution in [0.15, 0.2) is 41.6 Å². The minimum Gasteiger partial charge on any atom is -0.236 e. The summed E-state index contributed by atoms with van der Waals surface area (Å²) in [4.78, 5) is 4.53. The van der Waals surface area contributed by atoms with Crippen LogP contribution in [0.3, 0.4) is 0 Å². The normalized spacial score (nSPS) is 17.4. The number of nitrogens with one attached hydrogen (secondary N) is 1. The number of nitrogens with zero attached hydrogens (tertiary/aromatic N) is 3. The second-order valence-electron chi connectivity index (χ2n) is 5.75. The second kappa shape index (κ2) is 4.02. The van der Waals surface area contributed by atoms with Gasteiger partial charge in [-0.25, -0.2) is 22.6 Å². The van der Waals surface area contributed by atoms with Crippen LogP contribution >= 0.6 is 0 Å². The number of benzene rings is 1. The van der Waals surface area contributed by atoms with Crippen molar-refractivity contribution >= 4 is 26.6 Å². The third kappa shape index (κ3) is 2.09. The maximum Gasteiger partial charge on any atom is 0.241 e. The van der Waals surface area contributed by atoms with Crippen molar-refractivity contribution in [3.63, 3.8) is 0 Å². The molecule has 0 aliphatic heterocycles. The average molecular weight is 302 g/mol. The van der Waals surface area contributed by atoms with Gasteiger partial charge in [0.25, 0.3) is 0 Å². The van der Waals surface area contributed by atoms with E-state index in [1.54, 1.807) is 41.2 Å². The van der Waals surface area contributed by atoms with Crippen LogP contribution in [0.4, 0.5) is 0 Å². The van der Waals surface area contributed by atoms with E-state index in [4.69, 9.17) is 0 Å². The molecule has 1 saturated carbocycles. The van der Waals surface area contributed by atoms with Gasteiger partial charge in [-0.1, -0.05) is 0 Å². The highest BCUT2D eigenvalue weighted by Gasteiger charge is 2.41. The SMILES string of the molecule is CC1(NS(=O)(=O)c2ccc3c(cnc4ccnn43)c2)CC1. The van der Waals surface area contributed by atoms with Gasteiger partial charge in [-0.15, -0.1) is 0 Å². The van der Waals surface area contributed by atoms with Crippen molar-refractivity contribution in [1.29, 1.82) is 0 Å². The van der Waals surface area contributed by atoms with Crippen LogP contribution in [0, 0.1) is 0 Å². The molecule has 7 heteroatoms. The molecule has 0 saturated heterocycles. The van der Waals surface area contributed by atoms with Gasteiger partial charge in [0.15, 0.2) is 5.65 Å². The molecule has 1 fully saturated rings. The molecular formula is C14H14N4O2S. The molecule has 0 amide bonds. The summed E-state index contributed by atoms with van der Waals surface area (Å²) >= 11 is 0. The Morgan fingerprint density at radius 1 is 1.29 bits per heavy atom. The number of aromatic nitrogens is 3. The van der Waals surface area contributed by atoms with E-state index in [9.17, 15) is 8.42 Å². The number of hydrogen-bond donors (Lipinski definition) is 1. The molecule has 2 aromatic heterocycles. The standard InChI is InChI=1S/C14H14N4O2S/c1-14(5-6-14)17-21(19,20)11-2-3-12-10(8-11)9-15-13-4-7-16-18(12)13/h2-4,7-9,17H,5-6H2,1H3. The van der Waals surface area contributed by atoms with Crippen LogP contribution in [-0.4, -0.2) is 28.6 Å². The summed E-state index contributed by atoms with van der Waals surface area (Å²) in [5.41, 5.74) is 1.29. The Kier molecular flexibility index (Phi) is 2.44. The molecule has 1 aliphatic rings. The van der Waals surface area contributed by atoms with Crippen LogP contribution in [0.5, 0.6) is 0 Å². The summed E-state index contributed by atoms with van der Waals surface area (Å²) in [6, 6.07) is 6.81. The molecule has 1 aliphatic carbocycles. The van der Waals surface area contributed by atoms with Crippen molar-refractivity contribution < 1.29 is 8.42 Å². The maximum absolute atomic E-state index is 12.4. The van der Waals surface area contributed by atoms with Gasteiger partial charge in [0.05, 0.1) is 16.6 Å². The fourth-order valence-electron chi connectivity index (χ4n) is 2.38. The molecule has 3 aromatic rings. The first kappa shape index (κ1) is 12.7. The molecule has 6 nitrogen and oxygen atoms in total. The Hall–Kier alpha value is -1.99. The molecule has 1 aromatic carbocycles. The Morgan fingerprint density at radius 3 is 2.86 bits per heavy atom. The highest BCUT2D eigenvalue weighted by molar-refractivity contribution is 7.89. The van der Waals surface area contributed by atoms with Gasteiger partial charge in [0.2, 0.25) is 10.0 Å². The maximum atomic E-state index is 12.4. The monoisotopic (exact) mass is 302 g/mol. The minimum absolute atomic E-state index is 0.261. The lowest BCUT2D eigenvalue weighted by Gasteiger charge is -2.12. The summed E-state index contributed by atoms with van der Waals surface area (Å²) in [6.07, 6.45) is 5.11. The van der Waals surface area contributed by atoms with E-state index in [1.165, 1.54) is 0 Å². The summed E-state index contributed by atoms with van der Waals surface area (Å²) in [5.74, 6) is 0. The van der Waals surface area contributed by atoms with E-state index in [0.717, 1.165) is 29.4 Å². The molecule has 1 N–H and O–H groups in total. The van der Waals surface area contributed by atoms with Gasteiger partial charge in [-0.2, -0.15) is 5.10 Å². The second-order valence-corrected chi connectivity index (χ2v) is 7.43. The van der Waals surface area contributed by atoms with Gasteiger partial charge < -0.3 is 0 Å². The summed E-state index contributed by atoms with van der Waals surface area (Å²) < 4.78 is 29.2. The fourth-order valence-corrected chi connectivity index (χ4v) is 3.88. The Bertz CT molecular complexity index is 957. The molecule has 0 unspecified atom stereocenters. The lowest BCUT2D eigenvalue weighted by atomic mass is 10.2. The predicted molar refractivity (Wildman–Crippen MR) is 78.5 cm³/mol. The zero-order valence-corrected chi connectivity index (χ0v) is 12.3. The van der Waals surface area contributed by atoms with Gasteiger partial charge in [-0.3, -0.25) is 0 Å². The largest absolute Gasteiger partial charge is 0.241 e. The molecule has 0 radical (unpaired) electrons. The van der Waals surface area contributed by atoms with Crippen molar-refractivity contribution in [2.24, 2.45) is 0 Å². The quantitative estimate of drug-likeness (QED) is 0.799. The first-order valence-corrected chi connectivity index (χ1v) is 8.22. The molecule has 0 spiro atoms. The first-order valence-electron chi connectivity index (χ1n) is 6.73. The third-order valence-electron chi connectivity index (χ3n) is 3.88. The summed E-state index contributed by atoms with van der Waals surface area (Å²) in [7, 11) is -3.49. The van der Waals surface area contributed by atoms with Crippen LogP contribution in [-0.2, 0) is 10.0 Å². The molecular weight excluding hydrogens is 288 g/mol. The number of sulfonamides is 1. The van der Waals surface area contributed by atoms with E-state index in [-0.39, 0.29) is 10.4 Å². The predicted octanol–water partition coefficient (Wildman–Crippen LogP) is 1.71. The van der Waals surface area contributed by atoms with Gasteiger partial charge in [0, 0.05) is 23.2 Å². The molecule has 21 heavy (non-hydrogen) atoms. The number of fused-ring (bicyclic) bond motifs is 3. The van der Waals surface area contributed by atoms with Crippen molar-refractivity contribution in [3.8, 4) is 0 Å². The van der Waals surface area contributed by atoms with E-state index >= 15 is 0 Å². The zero-order valence-electron chi connectivity index (χ0n) is 11.4. The molecule has 108 valence electrons. The van der Waals surface area contributed by atoms with Crippen molar-refractivity contribution in [1.82, 2.24) is 19.3 Å². The van der Waals surface area contributed by atoms with Gasteiger partial charge >= 0.3 is 0 Å². The summed E-state index contributed by atoms with van der Waals surface area (Å²) in [5, 5.41) is 4.94. The van der Waals surface area contributed by atoms with E-state index in [0.29, 0.717) is 0 Å². The molecule has 0 atom stereocenters. The third-order valence-corrected chi connectivity index (χ3v) is 5.51. The highest BCUT2D eigenvalue weighted by atomic mass is 32.2. The van der Waals surface area contributed by atoms with Crippen molar-refractivity contribution in [3.05, 3.63) is 36.7 Å². The van der Waals surface area contributed by atoms with Gasteiger partial charge in [0.1, 0.15) is 0 Å². The molecule has 2 heterocycles. The highest BCUT2D eigenvalue weighted by Crippen LogP contribution is 2.36. The van der Waals surface area contributed by atoms with E-state index in [1.807, 2.05) is 6.92 Å². The summed E-state index contributed by atoms with van der Waals surface area (Å²) in [6.45, 7) is 1.92. The smallest absolute Gasteiger partial charge is 0.236 e. The zero-order chi connectivity index (χ0) is 14.7. The van der Waals surface area contributed by atoms with Crippen molar-refractivity contribution in [2.45, 2.75) is 30.2 Å². The molecule has 0 bridgehead atoms. The Labute approximate surface area is 121 Å². The van der Waals surface area contributed by atoms with Crippen LogP contribution in [0.25, 0.3) is 16.6 Å². The minimum atomic E-state index is -3.49. The molecule has 4 rings (SSSR count). The van der Waals surface area contributed by atoms with Gasteiger partial charge in [-0.05, 0) is 38.0 Å². The van der Waals surface area contributed by atoms with Crippen LogP contribution < -0.4 is 4.72 Å². The van der Waals surface area contributed by atoms with Crippen molar-refractivity contribution in [2.75, 3.05) is 0 Å². The lowest BCUT2D eigenvalue weighted by Crippen LogP contribution is -2.34. The Morgan fingerprint density at radius 2 is 2.10 bits per heavy atom. The van der Waals surface area contributed by atoms with E-state index in [2.05, 4.69) is 14.8 Å². The average Bonchev–Trinajstić information content (AvgIpc) is 2.99. The number of hydrogen-bond acceptors (Lipinski definition) is 4. The van der Waals surface area contributed by atoms with Crippen LogP contribution in [0.2, 0.25) is 0 Å². The lowest BCUT2D eigenvalue weighted by molar-refractivity contribution is 0.558. The van der Waals surface area contributed by atoms with E-state index < -0.39 is 10.0 Å². The number of rotatable bonds is 3. The first-order chi connectivity index (χ1) is 9.97.